The van der Waals surface area contributed by atoms with Crippen molar-refractivity contribution >= 4 is 22.7 Å². The zero-order chi connectivity index (χ0) is 22.5. The van der Waals surface area contributed by atoms with Crippen LogP contribution in [-0.4, -0.2) is 57.3 Å². The van der Waals surface area contributed by atoms with E-state index in [1.54, 1.807) is 11.1 Å². The van der Waals surface area contributed by atoms with Crippen molar-refractivity contribution in [3.63, 3.8) is 0 Å². The molecule has 2 fully saturated rings. The molecule has 32 heavy (non-hydrogen) atoms. The molecule has 0 aliphatic carbocycles. The van der Waals surface area contributed by atoms with Crippen LogP contribution in [0.4, 0.5) is 33.5 Å². The SMILES string of the molecule is FC(F)Cn1ncc2ncc(N3C[C@@H]4CCN(c5ccncc5C(F)(F)F)C[C@@H]4C3)nc21. The first kappa shape index (κ1) is 20.8. The van der Waals surface area contributed by atoms with Crippen molar-refractivity contribution in [3.05, 3.63) is 36.4 Å². The number of halogens is 5. The maximum absolute atomic E-state index is 13.4. The van der Waals surface area contributed by atoms with Gasteiger partial charge in [-0.05, 0) is 24.3 Å². The summed E-state index contributed by atoms with van der Waals surface area (Å²) >= 11 is 0. The van der Waals surface area contributed by atoms with Crippen molar-refractivity contribution in [1.82, 2.24) is 24.7 Å². The van der Waals surface area contributed by atoms with Crippen LogP contribution in [0.25, 0.3) is 11.2 Å². The summed E-state index contributed by atoms with van der Waals surface area (Å²) in [4.78, 5) is 16.3. The number of hydrogen-bond donors (Lipinski definition) is 0. The molecule has 0 bridgehead atoms. The molecule has 5 rings (SSSR count). The molecule has 2 aliphatic rings. The second-order valence-corrected chi connectivity index (χ2v) is 8.21. The first-order valence-corrected chi connectivity index (χ1v) is 10.3. The van der Waals surface area contributed by atoms with E-state index in [-0.39, 0.29) is 11.6 Å². The average molecular weight is 453 g/mol. The van der Waals surface area contributed by atoms with E-state index < -0.39 is 24.7 Å². The van der Waals surface area contributed by atoms with Crippen LogP contribution in [0.3, 0.4) is 0 Å². The van der Waals surface area contributed by atoms with Gasteiger partial charge in [0.15, 0.2) is 5.65 Å². The highest BCUT2D eigenvalue weighted by Gasteiger charge is 2.41. The summed E-state index contributed by atoms with van der Waals surface area (Å²) < 4.78 is 67.0. The van der Waals surface area contributed by atoms with E-state index in [0.29, 0.717) is 49.1 Å². The van der Waals surface area contributed by atoms with E-state index in [2.05, 4.69) is 20.1 Å². The van der Waals surface area contributed by atoms with Crippen LogP contribution >= 0.6 is 0 Å². The maximum Gasteiger partial charge on any atom is 0.419 e. The van der Waals surface area contributed by atoms with Gasteiger partial charge in [0.05, 0.1) is 23.6 Å². The van der Waals surface area contributed by atoms with Crippen LogP contribution in [0.15, 0.2) is 30.9 Å². The Balaban J connectivity index is 1.35. The largest absolute Gasteiger partial charge is 0.419 e. The first-order valence-electron chi connectivity index (χ1n) is 10.3. The van der Waals surface area contributed by atoms with Crippen molar-refractivity contribution in [3.8, 4) is 0 Å². The molecule has 3 aromatic rings. The topological polar surface area (TPSA) is 63.0 Å². The molecular weight excluding hydrogens is 433 g/mol. The number of pyridine rings is 1. The van der Waals surface area contributed by atoms with E-state index in [1.165, 1.54) is 18.5 Å². The van der Waals surface area contributed by atoms with Crippen LogP contribution in [-0.2, 0) is 12.7 Å². The van der Waals surface area contributed by atoms with Gasteiger partial charge in [-0.15, -0.1) is 0 Å². The molecule has 0 amide bonds. The minimum Gasteiger partial charge on any atom is -0.371 e. The Hall–Kier alpha value is -3.05. The van der Waals surface area contributed by atoms with Gasteiger partial charge in [0.1, 0.15) is 17.9 Å². The van der Waals surface area contributed by atoms with E-state index in [4.69, 9.17) is 0 Å². The summed E-state index contributed by atoms with van der Waals surface area (Å²) in [6.45, 7) is 1.76. The van der Waals surface area contributed by atoms with E-state index in [9.17, 15) is 22.0 Å². The predicted molar refractivity (Wildman–Crippen MR) is 107 cm³/mol. The first-order chi connectivity index (χ1) is 15.3. The highest BCUT2D eigenvalue weighted by atomic mass is 19.4. The van der Waals surface area contributed by atoms with Crippen molar-refractivity contribution in [1.29, 1.82) is 0 Å². The number of alkyl halides is 5. The summed E-state index contributed by atoms with van der Waals surface area (Å²) in [5.74, 6) is 1.03. The zero-order valence-corrected chi connectivity index (χ0v) is 16.9. The highest BCUT2D eigenvalue weighted by Crippen LogP contribution is 2.40. The third kappa shape index (κ3) is 3.82. The number of aromatic nitrogens is 5. The number of rotatable bonds is 4. The van der Waals surface area contributed by atoms with Crippen molar-refractivity contribution < 1.29 is 22.0 Å². The Morgan fingerprint density at radius 2 is 1.81 bits per heavy atom. The Bertz CT molecular complexity index is 1120. The number of fused-ring (bicyclic) bond motifs is 2. The zero-order valence-electron chi connectivity index (χ0n) is 16.9. The number of nitrogens with zero attached hydrogens (tertiary/aromatic N) is 7. The smallest absolute Gasteiger partial charge is 0.371 e. The lowest BCUT2D eigenvalue weighted by Crippen LogP contribution is -2.40. The van der Waals surface area contributed by atoms with E-state index >= 15 is 0 Å². The maximum atomic E-state index is 13.4. The molecule has 0 saturated carbocycles. The van der Waals surface area contributed by atoms with Gasteiger partial charge >= 0.3 is 6.18 Å². The molecule has 170 valence electrons. The lowest BCUT2D eigenvalue weighted by Gasteiger charge is -2.36. The van der Waals surface area contributed by atoms with Gasteiger partial charge in [0.2, 0.25) is 0 Å². The molecule has 0 aromatic carbocycles. The summed E-state index contributed by atoms with van der Waals surface area (Å²) in [6.07, 6.45) is -1.02. The molecule has 12 heteroatoms. The predicted octanol–water partition coefficient (Wildman–Crippen LogP) is 3.47. The quantitative estimate of drug-likeness (QED) is 0.564. The molecule has 7 nitrogen and oxygen atoms in total. The number of piperidine rings is 1. The molecule has 2 atom stereocenters. The molecule has 0 spiro atoms. The lowest BCUT2D eigenvalue weighted by atomic mass is 9.88. The van der Waals surface area contributed by atoms with E-state index in [1.807, 2.05) is 4.90 Å². The van der Waals surface area contributed by atoms with Crippen molar-refractivity contribution in [2.24, 2.45) is 11.8 Å². The fraction of sp³-hybridized carbons (Fsp3) is 0.500. The Morgan fingerprint density at radius 1 is 1.03 bits per heavy atom. The summed E-state index contributed by atoms with van der Waals surface area (Å²) in [7, 11) is 0. The standard InChI is InChI=1S/C20H20F5N7/c21-17(22)11-32-19-15(6-28-32)27-7-18(29-19)31-8-12-2-4-30(9-13(12)10-31)16-1-3-26-5-14(16)20(23,24)25/h1,3,5-7,12-13,17H,2,4,8-11H2/t12-,13+/m0/s1. The third-order valence-electron chi connectivity index (χ3n) is 6.21. The minimum absolute atomic E-state index is 0.154. The van der Waals surface area contributed by atoms with Gasteiger partial charge < -0.3 is 9.80 Å². The molecule has 2 aliphatic heterocycles. The highest BCUT2D eigenvalue weighted by molar-refractivity contribution is 5.71. The molecule has 0 radical (unpaired) electrons. The summed E-state index contributed by atoms with van der Waals surface area (Å²) in [6, 6.07) is 1.42. The lowest BCUT2D eigenvalue weighted by molar-refractivity contribution is -0.137. The third-order valence-corrected chi connectivity index (χ3v) is 6.21. The summed E-state index contributed by atoms with van der Waals surface area (Å²) in [5, 5.41) is 3.94. The summed E-state index contributed by atoms with van der Waals surface area (Å²) in [5.41, 5.74) is 0.166. The Morgan fingerprint density at radius 3 is 2.59 bits per heavy atom. The monoisotopic (exact) mass is 453 g/mol. The van der Waals surface area contributed by atoms with E-state index in [0.717, 1.165) is 17.3 Å². The normalized spacial score (nSPS) is 21.6. The van der Waals surface area contributed by atoms with Gasteiger partial charge in [0, 0.05) is 38.6 Å². The number of hydrogen-bond acceptors (Lipinski definition) is 6. The molecule has 0 unspecified atom stereocenters. The number of anilines is 2. The second kappa shape index (κ2) is 7.82. The Labute approximate surface area is 179 Å². The van der Waals surface area contributed by atoms with Crippen LogP contribution < -0.4 is 9.80 Å². The molecule has 5 heterocycles. The van der Waals surface area contributed by atoms with Crippen molar-refractivity contribution in [2.45, 2.75) is 25.6 Å². The van der Waals surface area contributed by atoms with Crippen LogP contribution in [0.2, 0.25) is 0 Å². The Kier molecular flexibility index (Phi) is 5.09. The molecule has 0 N–H and O–H groups in total. The van der Waals surface area contributed by atoms with Gasteiger partial charge in [-0.3, -0.25) is 4.98 Å². The molecule has 2 saturated heterocycles. The minimum atomic E-state index is -4.46. The van der Waals surface area contributed by atoms with Crippen molar-refractivity contribution in [2.75, 3.05) is 36.0 Å². The molecule has 3 aromatic heterocycles. The average Bonchev–Trinajstić information content (AvgIpc) is 3.36. The van der Waals surface area contributed by atoms with Gasteiger partial charge in [0.25, 0.3) is 6.43 Å². The van der Waals surface area contributed by atoms with Crippen LogP contribution in [0, 0.1) is 11.8 Å². The van der Waals surface area contributed by atoms with Gasteiger partial charge in [-0.1, -0.05) is 0 Å². The van der Waals surface area contributed by atoms with Gasteiger partial charge in [-0.25, -0.2) is 23.4 Å². The second-order valence-electron chi connectivity index (χ2n) is 8.21. The van der Waals surface area contributed by atoms with Gasteiger partial charge in [-0.2, -0.15) is 18.3 Å². The fourth-order valence-electron chi connectivity index (χ4n) is 4.71. The molecular formula is C20H20F5N7. The van der Waals surface area contributed by atoms with Crippen LogP contribution in [0.5, 0.6) is 0 Å². The fourth-order valence-corrected chi connectivity index (χ4v) is 4.71. The van der Waals surface area contributed by atoms with Crippen LogP contribution in [0.1, 0.15) is 12.0 Å².